The molecule has 2 atom stereocenters. The van der Waals surface area contributed by atoms with Crippen molar-refractivity contribution in [2.24, 2.45) is 0 Å². The van der Waals surface area contributed by atoms with Crippen LogP contribution in [0.3, 0.4) is 0 Å². The summed E-state index contributed by atoms with van der Waals surface area (Å²) in [6, 6.07) is 0. The number of aliphatic hydroxyl groups excluding tert-OH is 3. The van der Waals surface area contributed by atoms with Crippen molar-refractivity contribution < 1.29 is 39.4 Å². The second-order valence-electron chi connectivity index (χ2n) is 7.87. The van der Waals surface area contributed by atoms with Crippen LogP contribution in [0.5, 0.6) is 0 Å². The number of hydrogen-bond donors (Lipinski definition) is 6. The first-order valence-corrected chi connectivity index (χ1v) is 13.0. The Morgan fingerprint density at radius 1 is 0.700 bits per heavy atom. The van der Waals surface area contributed by atoms with Crippen molar-refractivity contribution in [1.82, 2.24) is 0 Å². The number of Topliss-reactive ketones (excluding diaryl/α,β-unsaturated/α-hetero) is 1. The Morgan fingerprint density at radius 3 is 1.30 bits per heavy atom. The van der Waals surface area contributed by atoms with Crippen molar-refractivity contribution in [3.05, 3.63) is 0 Å². The van der Waals surface area contributed by atoms with Gasteiger partial charge in [-0.25, -0.2) is 4.57 Å². The predicted octanol–water partition coefficient (Wildman–Crippen LogP) is 3.60. The van der Waals surface area contributed by atoms with Gasteiger partial charge < -0.3 is 30.0 Å². The molecule has 0 rings (SSSR count). The van der Waals surface area contributed by atoms with Crippen molar-refractivity contribution in [1.29, 1.82) is 0 Å². The molecule has 0 bridgehead atoms. The Balaban J connectivity index is 0. The van der Waals surface area contributed by atoms with Crippen LogP contribution in [-0.4, -0.2) is 54.6 Å². The van der Waals surface area contributed by atoms with Crippen molar-refractivity contribution >= 4 is 13.6 Å². The molecule has 0 radical (unpaired) electrons. The molecule has 6 N–H and O–H groups in total. The largest absolute Gasteiger partial charge is 0.466 e. The van der Waals surface area contributed by atoms with Gasteiger partial charge in [-0.1, -0.05) is 96.8 Å². The Morgan fingerprint density at radius 2 is 1.00 bits per heavy atom. The zero-order chi connectivity index (χ0) is 23.3. The molecule has 8 nitrogen and oxygen atoms in total. The monoisotopic (exact) mass is 456 g/mol. The van der Waals surface area contributed by atoms with E-state index in [1.807, 2.05) is 0 Å². The van der Waals surface area contributed by atoms with Gasteiger partial charge in [-0.3, -0.25) is 4.79 Å². The van der Waals surface area contributed by atoms with Gasteiger partial charge in [0.05, 0.1) is 6.61 Å². The molecule has 0 saturated carbocycles. The topological polar surface area (TPSA) is 156 Å². The molecule has 30 heavy (non-hydrogen) atoms. The van der Waals surface area contributed by atoms with E-state index in [0.29, 0.717) is 0 Å². The van der Waals surface area contributed by atoms with E-state index >= 15 is 0 Å². The van der Waals surface area contributed by atoms with Crippen LogP contribution in [-0.2, 0) is 9.36 Å². The second-order valence-corrected chi connectivity index (χ2v) is 8.90. The lowest BCUT2D eigenvalue weighted by Gasteiger charge is -2.13. The number of ketones is 1. The standard InChI is InChI=1S/C21H42O4.H3O4P/c1-2-3-4-5-6-7-8-9-10-11-12-13-14-15-16-17-19(23)21(25)20(24)18-22;1-5(2,3)4/h20-22,24-25H,2-18H2,1H3;(H3,1,2,3,4). The Labute approximate surface area is 182 Å². The summed E-state index contributed by atoms with van der Waals surface area (Å²) in [7, 11) is -4.64. The van der Waals surface area contributed by atoms with Crippen molar-refractivity contribution in [2.75, 3.05) is 6.61 Å². The molecular formula is C21H45O8P. The highest BCUT2D eigenvalue weighted by Gasteiger charge is 2.22. The lowest BCUT2D eigenvalue weighted by molar-refractivity contribution is -0.134. The lowest BCUT2D eigenvalue weighted by Crippen LogP contribution is -2.36. The summed E-state index contributed by atoms with van der Waals surface area (Å²) in [5.41, 5.74) is 0. The molecule has 0 aliphatic heterocycles. The van der Waals surface area contributed by atoms with E-state index in [2.05, 4.69) is 6.92 Å². The molecule has 182 valence electrons. The average molecular weight is 457 g/mol. The van der Waals surface area contributed by atoms with E-state index in [1.54, 1.807) is 0 Å². The van der Waals surface area contributed by atoms with Crippen LogP contribution < -0.4 is 0 Å². The molecule has 0 saturated heterocycles. The fraction of sp³-hybridized carbons (Fsp3) is 0.952. The minimum Gasteiger partial charge on any atom is -0.394 e. The molecule has 2 unspecified atom stereocenters. The van der Waals surface area contributed by atoms with Crippen molar-refractivity contribution in [3.8, 4) is 0 Å². The molecule has 0 aromatic carbocycles. The van der Waals surface area contributed by atoms with Crippen LogP contribution in [0.15, 0.2) is 0 Å². The maximum absolute atomic E-state index is 11.6. The minimum atomic E-state index is -4.64. The molecule has 0 aliphatic rings. The smallest absolute Gasteiger partial charge is 0.394 e. The first-order chi connectivity index (χ1) is 14.1. The highest BCUT2D eigenvalue weighted by atomic mass is 31.2. The van der Waals surface area contributed by atoms with E-state index in [0.717, 1.165) is 19.3 Å². The molecule has 0 spiro atoms. The molecule has 0 amide bonds. The van der Waals surface area contributed by atoms with Crippen LogP contribution in [0, 0.1) is 0 Å². The van der Waals surface area contributed by atoms with Crippen LogP contribution >= 0.6 is 7.82 Å². The summed E-state index contributed by atoms with van der Waals surface area (Å²) in [4.78, 5) is 33.1. The number of aliphatic hydroxyl groups is 3. The van der Waals surface area contributed by atoms with Gasteiger partial charge in [0.15, 0.2) is 5.78 Å². The summed E-state index contributed by atoms with van der Waals surface area (Å²) >= 11 is 0. The van der Waals surface area contributed by atoms with E-state index in [9.17, 15) is 15.0 Å². The number of carbonyl (C=O) groups excluding carboxylic acids is 1. The molecule has 0 aromatic heterocycles. The van der Waals surface area contributed by atoms with Crippen LogP contribution in [0.4, 0.5) is 0 Å². The fourth-order valence-corrected chi connectivity index (χ4v) is 3.13. The molecule has 0 aromatic rings. The Hall–Kier alpha value is -0.340. The summed E-state index contributed by atoms with van der Waals surface area (Å²) < 4.78 is 8.88. The maximum atomic E-state index is 11.6. The number of carbonyl (C=O) groups is 1. The normalized spacial score (nSPS) is 13.4. The molecule has 0 heterocycles. The lowest BCUT2D eigenvalue weighted by atomic mass is 10.0. The van der Waals surface area contributed by atoms with Gasteiger partial charge in [-0.05, 0) is 6.42 Å². The number of phosphoric acid groups is 1. The zero-order valence-electron chi connectivity index (χ0n) is 18.6. The quantitative estimate of drug-likeness (QED) is 0.127. The summed E-state index contributed by atoms with van der Waals surface area (Å²) in [6.45, 7) is 1.68. The first kappa shape index (κ1) is 31.8. The summed E-state index contributed by atoms with van der Waals surface area (Å²) in [5.74, 6) is -0.365. The average Bonchev–Trinajstić information content (AvgIpc) is 2.68. The number of rotatable bonds is 19. The Bertz CT molecular complexity index is 419. The van der Waals surface area contributed by atoms with Crippen LogP contribution in [0.1, 0.15) is 110 Å². The summed E-state index contributed by atoms with van der Waals surface area (Å²) in [5, 5.41) is 27.3. The highest BCUT2D eigenvalue weighted by Crippen LogP contribution is 2.25. The number of unbranched alkanes of at least 4 members (excludes halogenated alkanes) is 14. The van der Waals surface area contributed by atoms with Gasteiger partial charge in [0, 0.05) is 6.42 Å². The SMILES string of the molecule is CCCCCCCCCCCCCCCCCC(=O)C(O)C(O)CO.O=P(O)(O)O. The van der Waals surface area contributed by atoms with Crippen LogP contribution in [0.25, 0.3) is 0 Å². The van der Waals surface area contributed by atoms with Gasteiger partial charge in [0.2, 0.25) is 0 Å². The van der Waals surface area contributed by atoms with Crippen molar-refractivity contribution in [3.63, 3.8) is 0 Å². The third-order valence-electron chi connectivity index (χ3n) is 4.91. The maximum Gasteiger partial charge on any atom is 0.466 e. The summed E-state index contributed by atoms with van der Waals surface area (Å²) in [6.07, 6.45) is 16.6. The molecule has 0 aliphatic carbocycles. The molecule has 0 fully saturated rings. The van der Waals surface area contributed by atoms with Gasteiger partial charge >= 0.3 is 7.82 Å². The Kier molecular flexibility index (Phi) is 23.2. The van der Waals surface area contributed by atoms with Crippen molar-refractivity contribution in [2.45, 2.75) is 122 Å². The van der Waals surface area contributed by atoms with Gasteiger partial charge in [0.25, 0.3) is 0 Å². The van der Waals surface area contributed by atoms with E-state index in [1.165, 1.54) is 77.0 Å². The molecule has 9 heteroatoms. The van der Waals surface area contributed by atoms with Gasteiger partial charge in [-0.15, -0.1) is 0 Å². The highest BCUT2D eigenvalue weighted by molar-refractivity contribution is 7.45. The number of hydrogen-bond acceptors (Lipinski definition) is 5. The zero-order valence-corrected chi connectivity index (χ0v) is 19.5. The van der Waals surface area contributed by atoms with Crippen LogP contribution in [0.2, 0.25) is 0 Å². The third-order valence-corrected chi connectivity index (χ3v) is 4.91. The first-order valence-electron chi connectivity index (χ1n) is 11.4. The predicted molar refractivity (Wildman–Crippen MR) is 118 cm³/mol. The molecular weight excluding hydrogens is 411 g/mol. The van der Waals surface area contributed by atoms with E-state index < -0.39 is 26.6 Å². The third kappa shape index (κ3) is 27.7. The minimum absolute atomic E-state index is 0.288. The second kappa shape index (κ2) is 21.9. The van der Waals surface area contributed by atoms with Gasteiger partial charge in [0.1, 0.15) is 12.2 Å². The van der Waals surface area contributed by atoms with Gasteiger partial charge in [-0.2, -0.15) is 0 Å². The fourth-order valence-electron chi connectivity index (χ4n) is 3.13. The van der Waals surface area contributed by atoms with E-state index in [4.69, 9.17) is 24.4 Å². The van der Waals surface area contributed by atoms with E-state index in [-0.39, 0.29) is 12.2 Å².